The molecule has 2 rings (SSSR count). The van der Waals surface area contributed by atoms with Gasteiger partial charge in [-0.1, -0.05) is 23.7 Å². The lowest BCUT2D eigenvalue weighted by Crippen LogP contribution is -2.47. The number of nitrogens with one attached hydrogen (secondary N) is 2. The summed E-state index contributed by atoms with van der Waals surface area (Å²) in [6.07, 6.45) is 1.69. The number of carbonyl (C=O) groups excluding carboxylic acids is 3. The highest BCUT2D eigenvalue weighted by Crippen LogP contribution is 2.20. The van der Waals surface area contributed by atoms with E-state index >= 15 is 0 Å². The van der Waals surface area contributed by atoms with Gasteiger partial charge in [0.15, 0.2) is 0 Å². The van der Waals surface area contributed by atoms with Crippen LogP contribution in [0.3, 0.4) is 0 Å². The van der Waals surface area contributed by atoms with Crippen molar-refractivity contribution in [3.05, 3.63) is 34.9 Å². The quantitative estimate of drug-likeness (QED) is 0.655. The molecule has 1 heterocycles. The summed E-state index contributed by atoms with van der Waals surface area (Å²) >= 11 is 5.90. The standard InChI is InChI=1S/C18H25ClN4O3/c1-12(24)21-16(13-2-4-14(19)5-3-13)10-18(26)22-15-6-8-23(9-7-15)11-17(20)25/h2-5,15-16H,6-11H2,1H3,(H2,20,25)(H,21,24)(H,22,26). The molecule has 4 N–H and O–H groups in total. The van der Waals surface area contributed by atoms with Crippen LogP contribution < -0.4 is 16.4 Å². The molecule has 3 amide bonds. The van der Waals surface area contributed by atoms with Gasteiger partial charge in [-0.15, -0.1) is 0 Å². The van der Waals surface area contributed by atoms with E-state index < -0.39 is 6.04 Å². The highest BCUT2D eigenvalue weighted by atomic mass is 35.5. The van der Waals surface area contributed by atoms with Crippen LogP contribution in [0.2, 0.25) is 5.02 Å². The number of hydrogen-bond donors (Lipinski definition) is 3. The number of nitrogens with zero attached hydrogens (tertiary/aromatic N) is 1. The summed E-state index contributed by atoms with van der Waals surface area (Å²) in [5.74, 6) is -0.654. The summed E-state index contributed by atoms with van der Waals surface area (Å²) in [6, 6.07) is 6.74. The Morgan fingerprint density at radius 2 is 1.85 bits per heavy atom. The van der Waals surface area contributed by atoms with Gasteiger partial charge in [-0.25, -0.2) is 0 Å². The third-order valence-electron chi connectivity index (χ3n) is 4.37. The van der Waals surface area contributed by atoms with Gasteiger partial charge in [0.05, 0.1) is 19.0 Å². The Kier molecular flexibility index (Phi) is 7.41. The molecule has 142 valence electrons. The van der Waals surface area contributed by atoms with Crippen molar-refractivity contribution in [3.8, 4) is 0 Å². The predicted octanol–water partition coefficient (Wildman–Crippen LogP) is 0.973. The molecule has 1 saturated heterocycles. The summed E-state index contributed by atoms with van der Waals surface area (Å²) < 4.78 is 0. The van der Waals surface area contributed by atoms with Gasteiger partial charge in [0.1, 0.15) is 0 Å². The van der Waals surface area contributed by atoms with E-state index in [4.69, 9.17) is 17.3 Å². The van der Waals surface area contributed by atoms with Crippen LogP contribution in [0.4, 0.5) is 0 Å². The van der Waals surface area contributed by atoms with E-state index in [1.807, 2.05) is 4.90 Å². The molecule has 1 aromatic carbocycles. The molecule has 0 bridgehead atoms. The van der Waals surface area contributed by atoms with Gasteiger partial charge in [-0.2, -0.15) is 0 Å². The minimum Gasteiger partial charge on any atom is -0.369 e. The third kappa shape index (κ3) is 6.65. The number of rotatable bonds is 7. The van der Waals surface area contributed by atoms with E-state index in [1.165, 1.54) is 6.92 Å². The van der Waals surface area contributed by atoms with Crippen molar-refractivity contribution in [2.75, 3.05) is 19.6 Å². The van der Waals surface area contributed by atoms with E-state index in [9.17, 15) is 14.4 Å². The molecular weight excluding hydrogens is 356 g/mol. The first kappa shape index (κ1) is 20.2. The molecule has 0 saturated carbocycles. The number of hydrogen-bond acceptors (Lipinski definition) is 4. The molecule has 7 nitrogen and oxygen atoms in total. The maximum atomic E-state index is 12.4. The molecule has 0 radical (unpaired) electrons. The number of benzene rings is 1. The Bertz CT molecular complexity index is 642. The Morgan fingerprint density at radius 3 is 2.38 bits per heavy atom. The third-order valence-corrected chi connectivity index (χ3v) is 4.62. The van der Waals surface area contributed by atoms with Gasteiger partial charge in [-0.3, -0.25) is 19.3 Å². The van der Waals surface area contributed by atoms with Crippen LogP contribution in [0.1, 0.15) is 37.8 Å². The Balaban J connectivity index is 1.88. The maximum absolute atomic E-state index is 12.4. The number of nitrogens with two attached hydrogens (primary N) is 1. The van der Waals surface area contributed by atoms with Crippen LogP contribution in [0.5, 0.6) is 0 Å². The first-order chi connectivity index (χ1) is 12.3. The average Bonchev–Trinajstić information content (AvgIpc) is 2.56. The molecule has 8 heteroatoms. The van der Waals surface area contributed by atoms with Crippen molar-refractivity contribution in [2.24, 2.45) is 5.73 Å². The van der Waals surface area contributed by atoms with Crippen LogP contribution >= 0.6 is 11.6 Å². The summed E-state index contributed by atoms with van der Waals surface area (Å²) in [7, 11) is 0. The second-order valence-electron chi connectivity index (χ2n) is 6.59. The Hall–Kier alpha value is -2.12. The minimum absolute atomic E-state index is 0.0647. The molecule has 26 heavy (non-hydrogen) atoms. The number of piperidine rings is 1. The Morgan fingerprint density at radius 1 is 1.23 bits per heavy atom. The fraction of sp³-hybridized carbons (Fsp3) is 0.500. The van der Waals surface area contributed by atoms with Crippen LogP contribution in [0.25, 0.3) is 0 Å². The van der Waals surface area contributed by atoms with E-state index in [0.717, 1.165) is 31.5 Å². The lowest BCUT2D eigenvalue weighted by Gasteiger charge is -2.31. The number of likely N-dealkylation sites (tertiary alicyclic amines) is 1. The lowest BCUT2D eigenvalue weighted by molar-refractivity contribution is -0.124. The number of carbonyl (C=O) groups is 3. The van der Waals surface area contributed by atoms with Crippen molar-refractivity contribution < 1.29 is 14.4 Å². The zero-order chi connectivity index (χ0) is 19.1. The molecular formula is C18H25ClN4O3. The number of halogens is 1. The monoisotopic (exact) mass is 380 g/mol. The second kappa shape index (κ2) is 9.54. The summed E-state index contributed by atoms with van der Waals surface area (Å²) in [4.78, 5) is 36.8. The molecule has 1 aromatic rings. The lowest BCUT2D eigenvalue weighted by atomic mass is 10.0. The predicted molar refractivity (Wildman–Crippen MR) is 99.4 cm³/mol. The van der Waals surface area contributed by atoms with Crippen molar-refractivity contribution in [1.29, 1.82) is 0 Å². The van der Waals surface area contributed by atoms with E-state index in [1.54, 1.807) is 24.3 Å². The van der Waals surface area contributed by atoms with E-state index in [-0.39, 0.29) is 36.7 Å². The largest absolute Gasteiger partial charge is 0.369 e. The maximum Gasteiger partial charge on any atom is 0.231 e. The van der Waals surface area contributed by atoms with Gasteiger partial charge in [-0.05, 0) is 30.5 Å². The molecule has 1 aliphatic heterocycles. The minimum atomic E-state index is -0.403. The van der Waals surface area contributed by atoms with Crippen molar-refractivity contribution >= 4 is 29.3 Å². The van der Waals surface area contributed by atoms with Crippen molar-refractivity contribution in [3.63, 3.8) is 0 Å². The first-order valence-electron chi connectivity index (χ1n) is 8.66. The van der Waals surface area contributed by atoms with Crippen LogP contribution in [-0.4, -0.2) is 48.3 Å². The summed E-state index contributed by atoms with van der Waals surface area (Å²) in [5.41, 5.74) is 6.03. The molecule has 0 aliphatic carbocycles. The number of primary amides is 1. The van der Waals surface area contributed by atoms with Crippen LogP contribution in [0, 0.1) is 0 Å². The highest BCUT2D eigenvalue weighted by Gasteiger charge is 2.23. The SMILES string of the molecule is CC(=O)NC(CC(=O)NC1CCN(CC(N)=O)CC1)c1ccc(Cl)cc1. The molecule has 1 unspecified atom stereocenters. The number of amides is 3. The molecule has 1 aliphatic rings. The molecule has 0 aromatic heterocycles. The van der Waals surface area contributed by atoms with Gasteiger partial charge >= 0.3 is 0 Å². The Labute approximate surface area is 158 Å². The zero-order valence-corrected chi connectivity index (χ0v) is 15.6. The normalized spacial score (nSPS) is 16.7. The zero-order valence-electron chi connectivity index (χ0n) is 14.8. The van der Waals surface area contributed by atoms with E-state index in [0.29, 0.717) is 5.02 Å². The fourth-order valence-electron chi connectivity index (χ4n) is 3.12. The van der Waals surface area contributed by atoms with E-state index in [2.05, 4.69) is 10.6 Å². The van der Waals surface area contributed by atoms with Crippen LogP contribution in [0.15, 0.2) is 24.3 Å². The molecule has 1 fully saturated rings. The fourth-order valence-corrected chi connectivity index (χ4v) is 3.25. The average molecular weight is 381 g/mol. The second-order valence-corrected chi connectivity index (χ2v) is 7.03. The van der Waals surface area contributed by atoms with Gasteiger partial charge in [0.25, 0.3) is 0 Å². The van der Waals surface area contributed by atoms with Gasteiger partial charge < -0.3 is 16.4 Å². The van der Waals surface area contributed by atoms with Gasteiger partial charge in [0.2, 0.25) is 17.7 Å². The first-order valence-corrected chi connectivity index (χ1v) is 9.04. The molecule has 1 atom stereocenters. The van der Waals surface area contributed by atoms with Crippen molar-refractivity contribution in [1.82, 2.24) is 15.5 Å². The van der Waals surface area contributed by atoms with Crippen LogP contribution in [-0.2, 0) is 14.4 Å². The highest BCUT2D eigenvalue weighted by molar-refractivity contribution is 6.30. The summed E-state index contributed by atoms with van der Waals surface area (Å²) in [5, 5.41) is 6.43. The smallest absolute Gasteiger partial charge is 0.231 e. The topological polar surface area (TPSA) is 105 Å². The molecule has 0 spiro atoms. The summed E-state index contributed by atoms with van der Waals surface area (Å²) in [6.45, 7) is 3.12. The van der Waals surface area contributed by atoms with Gasteiger partial charge in [0, 0.05) is 31.1 Å². The van der Waals surface area contributed by atoms with Crippen molar-refractivity contribution in [2.45, 2.75) is 38.3 Å².